The largest absolute Gasteiger partial charge is 0.448 e. The molecular weight excluding hydrogens is 989 g/mol. The number of amides is 3. The summed E-state index contributed by atoms with van der Waals surface area (Å²) >= 11 is 5.29. The first-order valence-corrected chi connectivity index (χ1v) is 26.4. The van der Waals surface area contributed by atoms with Gasteiger partial charge in [-0.2, -0.15) is 5.10 Å². The van der Waals surface area contributed by atoms with Crippen LogP contribution in [0.3, 0.4) is 0 Å². The third-order valence-electron chi connectivity index (χ3n) is 11.2. The monoisotopic (exact) mass is 1040 g/mol. The van der Waals surface area contributed by atoms with E-state index in [0.717, 1.165) is 39.2 Å². The average molecular weight is 1040 g/mol. The fourth-order valence-electron chi connectivity index (χ4n) is 8.09. The van der Waals surface area contributed by atoms with E-state index in [9.17, 15) is 19.2 Å². The van der Waals surface area contributed by atoms with Crippen LogP contribution in [-0.2, 0) is 34.3 Å². The second kappa shape index (κ2) is 22.1. The lowest BCUT2D eigenvalue weighted by atomic mass is 9.80. The molecule has 5 aromatic carbocycles. The summed E-state index contributed by atoms with van der Waals surface area (Å²) in [6.07, 6.45) is -0.106. The number of benzene rings is 5. The zero-order chi connectivity index (χ0) is 50.2. The summed E-state index contributed by atoms with van der Waals surface area (Å²) < 4.78 is 11.7. The second-order valence-corrected chi connectivity index (χ2v) is 22.3. The van der Waals surface area contributed by atoms with Gasteiger partial charge in [-0.3, -0.25) is 24.9 Å². The number of hydrogen-bond donors (Lipinski definition) is 3. The van der Waals surface area contributed by atoms with Crippen molar-refractivity contribution in [3.63, 3.8) is 0 Å². The smallest absolute Gasteiger partial charge is 0.413 e. The van der Waals surface area contributed by atoms with Gasteiger partial charge in [0.15, 0.2) is 22.1 Å². The number of hydrogen-bond acceptors (Lipinski definition) is 15. The maximum atomic E-state index is 15.0. The van der Waals surface area contributed by atoms with E-state index in [0.29, 0.717) is 15.8 Å². The molecule has 3 amide bonds. The second-order valence-electron chi connectivity index (χ2n) is 17.3. The first kappa shape index (κ1) is 49.8. The van der Waals surface area contributed by atoms with Gasteiger partial charge in [0, 0.05) is 32.7 Å². The average Bonchev–Trinajstić information content (AvgIpc) is 4.09. The number of rotatable bonds is 17. The molecule has 19 heteroatoms. The number of H-pyrrole nitrogens is 1. The molecule has 1 fully saturated rings. The van der Waals surface area contributed by atoms with Crippen molar-refractivity contribution in [3.05, 3.63) is 207 Å². The van der Waals surface area contributed by atoms with Gasteiger partial charge in [0.2, 0.25) is 5.60 Å². The Balaban J connectivity index is 1.06. The van der Waals surface area contributed by atoms with E-state index < -0.39 is 52.6 Å². The Morgan fingerprint density at radius 2 is 1.36 bits per heavy atom. The number of aromatic amines is 1. The summed E-state index contributed by atoms with van der Waals surface area (Å²) in [6.45, 7) is 7.20. The molecule has 366 valence electrons. The van der Waals surface area contributed by atoms with E-state index in [2.05, 4.69) is 36.0 Å². The normalized spacial score (nSPS) is 16.3. The van der Waals surface area contributed by atoms with E-state index in [-0.39, 0.29) is 26.8 Å². The van der Waals surface area contributed by atoms with Gasteiger partial charge in [0.05, 0.1) is 4.58 Å². The molecular formula is C53H48N8O7S4. The van der Waals surface area contributed by atoms with Crippen LogP contribution in [0.15, 0.2) is 184 Å². The van der Waals surface area contributed by atoms with Gasteiger partial charge < -0.3 is 19.6 Å². The summed E-state index contributed by atoms with van der Waals surface area (Å²) in [5.74, 6) is -1.69. The number of oxime groups is 1. The lowest BCUT2D eigenvalue weighted by molar-refractivity contribution is -0.154. The summed E-state index contributed by atoms with van der Waals surface area (Å²) in [6, 6.07) is 46.3. The molecule has 7 aromatic rings. The maximum Gasteiger partial charge on any atom is 0.413 e. The highest BCUT2D eigenvalue weighted by Crippen LogP contribution is 2.47. The molecule has 3 N–H and O–H groups in total. The SMILES string of the molecule is CC(SC1=C(C(=O)OC(c2ccccc2)c2ccccc2)N2C(=O)[C@@H](NC(=O)/C(=N\OC(c3ccccc3)(c3ccccc3)c3ccccc3)c3csc(NC(=O)OC(C)(C)C)n3)[C@H]2SC1)Sc1ncn[nH]1. The Morgan fingerprint density at radius 1 is 0.806 bits per heavy atom. The number of aromatic nitrogens is 4. The lowest BCUT2D eigenvalue weighted by Crippen LogP contribution is -2.71. The van der Waals surface area contributed by atoms with E-state index in [1.165, 1.54) is 46.5 Å². The van der Waals surface area contributed by atoms with E-state index in [1.807, 2.05) is 159 Å². The highest BCUT2D eigenvalue weighted by Gasteiger charge is 2.55. The number of fused-ring (bicyclic) bond motifs is 1. The fourth-order valence-corrected chi connectivity index (χ4v) is 12.5. The summed E-state index contributed by atoms with van der Waals surface area (Å²) in [7, 11) is 0. The number of carbonyl (C=O) groups excluding carboxylic acids is 4. The number of ether oxygens (including phenoxy) is 2. The lowest BCUT2D eigenvalue weighted by Gasteiger charge is -2.49. The third-order valence-corrected chi connectivity index (χ3v) is 15.7. The van der Waals surface area contributed by atoms with E-state index in [1.54, 1.807) is 26.2 Å². The molecule has 2 aliphatic heterocycles. The number of thiazole rings is 1. The molecule has 15 nitrogen and oxygen atoms in total. The van der Waals surface area contributed by atoms with E-state index >= 15 is 0 Å². The molecule has 0 radical (unpaired) electrons. The van der Waals surface area contributed by atoms with Crippen LogP contribution in [0.5, 0.6) is 0 Å². The molecule has 72 heavy (non-hydrogen) atoms. The number of nitrogens with one attached hydrogen (secondary N) is 3. The molecule has 0 spiro atoms. The predicted molar refractivity (Wildman–Crippen MR) is 281 cm³/mol. The van der Waals surface area contributed by atoms with Gasteiger partial charge in [-0.25, -0.2) is 19.6 Å². The summed E-state index contributed by atoms with van der Waals surface area (Å²) in [4.78, 5) is 75.0. The van der Waals surface area contributed by atoms with Crippen LogP contribution in [0.4, 0.5) is 9.93 Å². The Morgan fingerprint density at radius 3 is 1.89 bits per heavy atom. The van der Waals surface area contributed by atoms with Gasteiger partial charge in [-0.05, 0) is 38.8 Å². The van der Waals surface area contributed by atoms with Crippen molar-refractivity contribution in [1.82, 2.24) is 30.4 Å². The van der Waals surface area contributed by atoms with Crippen LogP contribution in [0.25, 0.3) is 0 Å². The molecule has 1 saturated heterocycles. The number of β-lactam (4-membered cyclic amide) rings is 1. The number of thioether (sulfide) groups is 3. The van der Waals surface area contributed by atoms with Gasteiger partial charge in [0.1, 0.15) is 34.7 Å². The third kappa shape index (κ3) is 11.1. The molecule has 0 saturated carbocycles. The molecule has 0 bridgehead atoms. The van der Waals surface area contributed by atoms with Gasteiger partial charge >= 0.3 is 12.1 Å². The first-order valence-electron chi connectivity index (χ1n) is 22.7. The zero-order valence-corrected chi connectivity index (χ0v) is 42.6. The molecule has 3 atom stereocenters. The van der Waals surface area contributed by atoms with Gasteiger partial charge in [0.25, 0.3) is 11.8 Å². The topological polar surface area (TPSA) is 190 Å². The van der Waals surface area contributed by atoms with Crippen molar-refractivity contribution in [2.45, 2.75) is 66.2 Å². The van der Waals surface area contributed by atoms with Crippen molar-refractivity contribution in [2.75, 3.05) is 11.1 Å². The highest BCUT2D eigenvalue weighted by atomic mass is 32.2. The van der Waals surface area contributed by atoms with Gasteiger partial charge in [-0.15, -0.1) is 34.9 Å². The molecule has 2 aromatic heterocycles. The molecule has 9 rings (SSSR count). The molecule has 0 aliphatic carbocycles. The quantitative estimate of drug-likeness (QED) is 0.0149. The number of nitrogens with zero attached hydrogens (tertiary/aromatic N) is 5. The Labute approximate surface area is 432 Å². The minimum atomic E-state index is -1.39. The van der Waals surface area contributed by atoms with Crippen LogP contribution >= 0.6 is 46.6 Å². The van der Waals surface area contributed by atoms with Crippen LogP contribution in [0, 0.1) is 0 Å². The van der Waals surface area contributed by atoms with E-state index in [4.69, 9.17) is 14.3 Å². The van der Waals surface area contributed by atoms with Crippen molar-refractivity contribution in [2.24, 2.45) is 5.16 Å². The van der Waals surface area contributed by atoms with Crippen LogP contribution in [0.1, 0.15) is 67.3 Å². The molecule has 2 aliphatic rings. The highest BCUT2D eigenvalue weighted by molar-refractivity contribution is 8.19. The fraction of sp³-hybridized carbons (Fsp3) is 0.208. The van der Waals surface area contributed by atoms with Crippen molar-refractivity contribution >= 4 is 81.3 Å². The molecule has 1 unspecified atom stereocenters. The Bertz CT molecular complexity index is 2930. The van der Waals surface area contributed by atoms with Crippen LogP contribution < -0.4 is 10.6 Å². The summed E-state index contributed by atoms with van der Waals surface area (Å²) in [5, 5.41) is 18.6. The Kier molecular flexibility index (Phi) is 15.3. The van der Waals surface area contributed by atoms with Crippen molar-refractivity contribution in [3.8, 4) is 0 Å². The number of carbonyl (C=O) groups is 4. The zero-order valence-electron chi connectivity index (χ0n) is 39.3. The van der Waals surface area contributed by atoms with Crippen LogP contribution in [-0.4, -0.2) is 82.0 Å². The number of anilines is 1. The van der Waals surface area contributed by atoms with Crippen molar-refractivity contribution in [1.29, 1.82) is 0 Å². The predicted octanol–water partition coefficient (Wildman–Crippen LogP) is 10.1. The Hall–Kier alpha value is -7.19. The minimum Gasteiger partial charge on any atom is -0.448 e. The first-order chi connectivity index (χ1) is 34.9. The molecule has 4 heterocycles. The maximum absolute atomic E-state index is 15.0. The van der Waals surface area contributed by atoms with Crippen LogP contribution in [0.2, 0.25) is 0 Å². The van der Waals surface area contributed by atoms with Crippen molar-refractivity contribution < 1.29 is 33.5 Å². The summed E-state index contributed by atoms with van der Waals surface area (Å²) in [5.41, 5.74) is 1.35. The number of esters is 1. The van der Waals surface area contributed by atoms with Gasteiger partial charge in [-0.1, -0.05) is 169 Å². The standard InChI is InChI=1S/C53H48N8O7S4/c1-33(72-49-54-32-55-59-49)71-40-31-69-47-42(46(63)61(47)43(40)48(64)66-44(34-20-10-5-11-21-34)35-22-12-6-13-23-35)57-45(62)41(39-30-70-50(56-39)58-51(65)67-52(2,3)4)60-68-53(36-24-14-7-15-25-36,37-26-16-8-17-27-37)38-28-18-9-19-29-38/h5-30,32-33,42,44,47H,31H2,1-4H3,(H,57,62)(H,54,55,59)(H,56,58,65)/b60-41-/t33?,42-,47-/m1/s1. The minimum absolute atomic E-state index is 0.0560.